The van der Waals surface area contributed by atoms with E-state index >= 15 is 0 Å². The Morgan fingerprint density at radius 3 is 2.67 bits per heavy atom. The van der Waals surface area contributed by atoms with E-state index in [2.05, 4.69) is 45.2 Å². The van der Waals surface area contributed by atoms with Gasteiger partial charge in [0.1, 0.15) is 6.33 Å². The fourth-order valence-corrected chi connectivity index (χ4v) is 2.30. The van der Waals surface area contributed by atoms with Crippen molar-refractivity contribution in [2.75, 3.05) is 6.61 Å². The highest BCUT2D eigenvalue weighted by Gasteiger charge is 2.04. The number of nitrogens with zero attached hydrogens (tertiary/aromatic N) is 2. The van der Waals surface area contributed by atoms with Gasteiger partial charge < -0.3 is 10.4 Å². The summed E-state index contributed by atoms with van der Waals surface area (Å²) in [7, 11) is 0. The second kappa shape index (κ2) is 6.08. The number of aromatic nitrogens is 2. The van der Waals surface area contributed by atoms with Crippen LogP contribution < -0.4 is 5.32 Å². The summed E-state index contributed by atoms with van der Waals surface area (Å²) in [5.41, 5.74) is 4.41. The predicted octanol–water partition coefficient (Wildman–Crippen LogP) is 2.50. The maximum Gasteiger partial charge on any atom is 0.100 e. The van der Waals surface area contributed by atoms with Gasteiger partial charge in [-0.2, -0.15) is 0 Å². The van der Waals surface area contributed by atoms with Crippen molar-refractivity contribution >= 4 is 11.0 Å². The van der Waals surface area contributed by atoms with E-state index in [1.807, 2.05) is 31.5 Å². The van der Waals surface area contributed by atoms with Crippen molar-refractivity contribution in [3.63, 3.8) is 0 Å². The van der Waals surface area contributed by atoms with Crippen molar-refractivity contribution in [2.45, 2.75) is 19.5 Å². The Balaban J connectivity index is 1.81. The van der Waals surface area contributed by atoms with Crippen LogP contribution in [0, 0.1) is 0 Å². The Kier molecular flexibility index (Phi) is 3.99. The van der Waals surface area contributed by atoms with E-state index in [0.29, 0.717) is 0 Å². The molecule has 0 fully saturated rings. The Hall–Kier alpha value is -2.17. The van der Waals surface area contributed by atoms with Gasteiger partial charge in [0.2, 0.25) is 0 Å². The number of rotatable bonds is 5. The normalized spacial score (nSPS) is 12.7. The molecule has 0 saturated heterocycles. The molecule has 0 aliphatic heterocycles. The van der Waals surface area contributed by atoms with Crippen molar-refractivity contribution in [3.8, 4) is 5.69 Å². The van der Waals surface area contributed by atoms with Crippen LogP contribution in [-0.2, 0) is 6.54 Å². The number of aliphatic hydroxyl groups is 1. The molecule has 4 heteroatoms. The minimum Gasteiger partial charge on any atom is -0.395 e. The molecule has 1 heterocycles. The van der Waals surface area contributed by atoms with Crippen LogP contribution in [-0.4, -0.2) is 27.3 Å². The number of aliphatic hydroxyl groups excluding tert-OH is 1. The molecule has 0 radical (unpaired) electrons. The van der Waals surface area contributed by atoms with Crippen molar-refractivity contribution in [2.24, 2.45) is 0 Å². The summed E-state index contributed by atoms with van der Waals surface area (Å²) in [6.45, 7) is 2.87. The maximum absolute atomic E-state index is 9.01. The van der Waals surface area contributed by atoms with Crippen LogP contribution in [0.4, 0.5) is 0 Å². The average molecular weight is 281 g/mol. The van der Waals surface area contributed by atoms with E-state index in [9.17, 15) is 0 Å². The van der Waals surface area contributed by atoms with Gasteiger partial charge in [0.15, 0.2) is 0 Å². The molecule has 0 aliphatic rings. The lowest BCUT2D eigenvalue weighted by Gasteiger charge is -2.11. The molecule has 0 unspecified atom stereocenters. The van der Waals surface area contributed by atoms with Gasteiger partial charge in [-0.25, -0.2) is 4.98 Å². The van der Waals surface area contributed by atoms with Crippen molar-refractivity contribution < 1.29 is 5.11 Å². The lowest BCUT2D eigenvalue weighted by molar-refractivity contribution is 0.251. The summed E-state index contributed by atoms with van der Waals surface area (Å²) in [6, 6.07) is 16.6. The average Bonchev–Trinajstić information content (AvgIpc) is 2.97. The van der Waals surface area contributed by atoms with Gasteiger partial charge in [0.05, 0.1) is 17.6 Å². The molecular weight excluding hydrogens is 262 g/mol. The zero-order valence-electron chi connectivity index (χ0n) is 12.0. The molecular formula is C17H19N3O. The highest BCUT2D eigenvalue weighted by Crippen LogP contribution is 2.18. The topological polar surface area (TPSA) is 50.1 Å². The highest BCUT2D eigenvalue weighted by molar-refractivity contribution is 5.77. The molecule has 3 aromatic rings. The van der Waals surface area contributed by atoms with Crippen LogP contribution >= 0.6 is 0 Å². The van der Waals surface area contributed by atoms with E-state index < -0.39 is 0 Å². The molecule has 1 aromatic heterocycles. The minimum atomic E-state index is 0.113. The van der Waals surface area contributed by atoms with Crippen LogP contribution in [0.25, 0.3) is 16.7 Å². The minimum absolute atomic E-state index is 0.113. The third-order valence-corrected chi connectivity index (χ3v) is 3.60. The summed E-state index contributed by atoms with van der Waals surface area (Å²) < 4.78 is 2.09. The van der Waals surface area contributed by atoms with Gasteiger partial charge in [-0.3, -0.25) is 4.57 Å². The van der Waals surface area contributed by atoms with Gasteiger partial charge >= 0.3 is 0 Å². The first-order valence-electron chi connectivity index (χ1n) is 7.13. The zero-order chi connectivity index (χ0) is 14.7. The Bertz CT molecular complexity index is 718. The number of fused-ring (bicyclic) bond motifs is 1. The Morgan fingerprint density at radius 2 is 1.90 bits per heavy atom. The maximum atomic E-state index is 9.01. The monoisotopic (exact) mass is 281 g/mol. The van der Waals surface area contributed by atoms with Gasteiger partial charge in [-0.05, 0) is 36.8 Å². The molecule has 3 rings (SSSR count). The fourth-order valence-electron chi connectivity index (χ4n) is 2.30. The largest absolute Gasteiger partial charge is 0.395 e. The fraction of sp³-hybridized carbons (Fsp3) is 0.235. The number of nitrogens with one attached hydrogen (secondary N) is 1. The number of para-hydroxylation sites is 2. The van der Waals surface area contributed by atoms with Gasteiger partial charge in [0, 0.05) is 18.3 Å². The summed E-state index contributed by atoms with van der Waals surface area (Å²) in [5, 5.41) is 12.3. The van der Waals surface area contributed by atoms with Crippen molar-refractivity contribution in [1.29, 1.82) is 0 Å². The first kappa shape index (κ1) is 13.8. The molecule has 1 atom stereocenters. The number of hydrogen-bond acceptors (Lipinski definition) is 3. The van der Waals surface area contributed by atoms with Crippen LogP contribution in [0.3, 0.4) is 0 Å². The first-order valence-corrected chi connectivity index (χ1v) is 7.13. The molecule has 108 valence electrons. The quantitative estimate of drug-likeness (QED) is 0.755. The third kappa shape index (κ3) is 2.96. The number of hydrogen-bond donors (Lipinski definition) is 2. The van der Waals surface area contributed by atoms with Crippen LogP contribution in [0.5, 0.6) is 0 Å². The second-order valence-electron chi connectivity index (χ2n) is 5.23. The third-order valence-electron chi connectivity index (χ3n) is 3.60. The van der Waals surface area contributed by atoms with Gasteiger partial charge in [-0.1, -0.05) is 24.3 Å². The predicted molar refractivity (Wildman–Crippen MR) is 84.5 cm³/mol. The lowest BCUT2D eigenvalue weighted by Crippen LogP contribution is -2.28. The Morgan fingerprint density at radius 1 is 1.14 bits per heavy atom. The molecule has 0 bridgehead atoms. The van der Waals surface area contributed by atoms with Gasteiger partial charge in [-0.15, -0.1) is 0 Å². The van der Waals surface area contributed by atoms with Crippen molar-refractivity contribution in [3.05, 3.63) is 60.4 Å². The Labute approximate surface area is 124 Å². The molecule has 0 aliphatic carbocycles. The molecule has 4 nitrogen and oxygen atoms in total. The molecule has 0 amide bonds. The SMILES string of the molecule is C[C@H](CO)NCc1ccc(-n2cnc3ccccc32)cc1. The van der Waals surface area contributed by atoms with E-state index in [1.165, 1.54) is 5.56 Å². The molecule has 0 saturated carbocycles. The van der Waals surface area contributed by atoms with E-state index in [-0.39, 0.29) is 12.6 Å². The van der Waals surface area contributed by atoms with Gasteiger partial charge in [0.25, 0.3) is 0 Å². The summed E-state index contributed by atoms with van der Waals surface area (Å²) in [4.78, 5) is 4.41. The summed E-state index contributed by atoms with van der Waals surface area (Å²) in [5.74, 6) is 0. The number of imidazole rings is 1. The zero-order valence-corrected chi connectivity index (χ0v) is 12.0. The van der Waals surface area contributed by atoms with Crippen LogP contribution in [0.1, 0.15) is 12.5 Å². The molecule has 2 N–H and O–H groups in total. The van der Waals surface area contributed by atoms with Crippen LogP contribution in [0.2, 0.25) is 0 Å². The molecule has 21 heavy (non-hydrogen) atoms. The van der Waals surface area contributed by atoms with E-state index in [0.717, 1.165) is 23.3 Å². The lowest BCUT2D eigenvalue weighted by atomic mass is 10.2. The van der Waals surface area contributed by atoms with Crippen molar-refractivity contribution in [1.82, 2.24) is 14.9 Å². The van der Waals surface area contributed by atoms with E-state index in [4.69, 9.17) is 5.11 Å². The summed E-state index contributed by atoms with van der Waals surface area (Å²) in [6.07, 6.45) is 1.85. The molecule has 2 aromatic carbocycles. The number of benzene rings is 2. The smallest absolute Gasteiger partial charge is 0.100 e. The van der Waals surface area contributed by atoms with E-state index in [1.54, 1.807) is 0 Å². The summed E-state index contributed by atoms with van der Waals surface area (Å²) >= 11 is 0. The van der Waals surface area contributed by atoms with Crippen LogP contribution in [0.15, 0.2) is 54.9 Å². The standard InChI is InChI=1S/C17H19N3O/c1-13(11-21)18-10-14-6-8-15(9-7-14)20-12-19-16-4-2-3-5-17(16)20/h2-9,12-13,18,21H,10-11H2,1H3/t13-/m1/s1. The molecule has 0 spiro atoms. The second-order valence-corrected chi connectivity index (χ2v) is 5.23. The first-order chi connectivity index (χ1) is 10.3. The highest BCUT2D eigenvalue weighted by atomic mass is 16.3.